The molecule has 0 saturated heterocycles. The van der Waals surface area contributed by atoms with E-state index in [0.717, 1.165) is 5.56 Å². The summed E-state index contributed by atoms with van der Waals surface area (Å²) in [5.74, 6) is -1.32. The molecule has 0 saturated carbocycles. The summed E-state index contributed by atoms with van der Waals surface area (Å²) in [7, 11) is -2.47. The zero-order valence-corrected chi connectivity index (χ0v) is 22.8. The first kappa shape index (κ1) is 29.6. The molecule has 36 heavy (non-hydrogen) atoms. The number of sulfonamides is 1. The number of hydrogen-bond donors (Lipinski definition) is 3. The summed E-state index contributed by atoms with van der Waals surface area (Å²) in [5, 5.41) is 3.27. The SMILES string of the molecule is C[C@@H](C(=O)NCc1ccc(N)cc1)N(C)C(=O)[C@@H](COC(C)(C)C)NS(=O)(=O)Cc1ccc(Cl)cc1. The third kappa shape index (κ3) is 9.77. The molecular formula is C25H35ClN4O5S. The molecule has 4 N–H and O–H groups in total. The van der Waals surface area contributed by atoms with Crippen molar-refractivity contribution in [1.82, 2.24) is 14.9 Å². The van der Waals surface area contributed by atoms with Gasteiger partial charge in [-0.25, -0.2) is 13.1 Å². The predicted molar refractivity (Wildman–Crippen MR) is 142 cm³/mol. The quantitative estimate of drug-likeness (QED) is 0.377. The van der Waals surface area contributed by atoms with E-state index in [1.165, 1.54) is 11.9 Å². The van der Waals surface area contributed by atoms with E-state index in [1.807, 2.05) is 0 Å². The maximum absolute atomic E-state index is 13.3. The molecule has 0 radical (unpaired) electrons. The van der Waals surface area contributed by atoms with Crippen molar-refractivity contribution in [3.05, 3.63) is 64.7 Å². The summed E-state index contributed by atoms with van der Waals surface area (Å²) in [5.41, 5.74) is 7.05. The molecule has 0 aliphatic rings. The molecule has 2 amide bonds. The molecule has 2 aromatic rings. The van der Waals surface area contributed by atoms with Crippen LogP contribution in [-0.4, -0.2) is 56.5 Å². The zero-order valence-electron chi connectivity index (χ0n) is 21.2. The summed E-state index contributed by atoms with van der Waals surface area (Å²) >= 11 is 5.88. The second-order valence-corrected chi connectivity index (χ2v) is 11.8. The van der Waals surface area contributed by atoms with E-state index in [2.05, 4.69) is 10.0 Å². The van der Waals surface area contributed by atoms with Crippen LogP contribution in [0.25, 0.3) is 0 Å². The third-order valence-corrected chi connectivity index (χ3v) is 6.94. The number of nitrogens with zero attached hydrogens (tertiary/aromatic N) is 1. The van der Waals surface area contributed by atoms with Gasteiger partial charge in [0.2, 0.25) is 21.8 Å². The molecule has 0 spiro atoms. The lowest BCUT2D eigenvalue weighted by Crippen LogP contribution is -2.55. The van der Waals surface area contributed by atoms with E-state index in [9.17, 15) is 18.0 Å². The average molecular weight is 539 g/mol. The van der Waals surface area contributed by atoms with Gasteiger partial charge in [-0.2, -0.15) is 0 Å². The molecule has 0 heterocycles. The van der Waals surface area contributed by atoms with Gasteiger partial charge in [0, 0.05) is 24.3 Å². The number of rotatable bonds is 11. The number of nitrogens with two attached hydrogens (primary N) is 1. The number of nitrogens with one attached hydrogen (secondary N) is 2. The molecule has 0 fully saturated rings. The lowest BCUT2D eigenvalue weighted by atomic mass is 10.1. The Morgan fingerprint density at radius 1 is 1.06 bits per heavy atom. The number of anilines is 1. The maximum Gasteiger partial charge on any atom is 0.243 e. The van der Waals surface area contributed by atoms with Crippen LogP contribution in [0.2, 0.25) is 5.02 Å². The number of benzene rings is 2. The van der Waals surface area contributed by atoms with E-state index in [-0.39, 0.29) is 24.8 Å². The van der Waals surface area contributed by atoms with Crippen LogP contribution in [0.1, 0.15) is 38.8 Å². The lowest BCUT2D eigenvalue weighted by molar-refractivity contribution is -0.141. The van der Waals surface area contributed by atoms with Gasteiger partial charge in [-0.05, 0) is 63.1 Å². The Bertz CT molecular complexity index is 1130. The second-order valence-electron chi connectivity index (χ2n) is 9.56. The van der Waals surface area contributed by atoms with Gasteiger partial charge in [-0.15, -0.1) is 0 Å². The maximum atomic E-state index is 13.3. The van der Waals surface area contributed by atoms with E-state index in [0.29, 0.717) is 16.3 Å². The summed E-state index contributed by atoms with van der Waals surface area (Å²) < 4.78 is 33.9. The van der Waals surface area contributed by atoms with Crippen molar-refractivity contribution in [2.24, 2.45) is 0 Å². The molecule has 0 bridgehead atoms. The molecule has 2 aromatic carbocycles. The number of hydrogen-bond acceptors (Lipinski definition) is 6. The topological polar surface area (TPSA) is 131 Å². The zero-order chi connectivity index (χ0) is 27.1. The molecule has 0 aromatic heterocycles. The fourth-order valence-corrected chi connectivity index (χ4v) is 4.58. The van der Waals surface area contributed by atoms with Gasteiger partial charge in [0.25, 0.3) is 0 Å². The van der Waals surface area contributed by atoms with Gasteiger partial charge in [-0.3, -0.25) is 9.59 Å². The molecule has 2 rings (SSSR count). The fourth-order valence-electron chi connectivity index (χ4n) is 3.13. The van der Waals surface area contributed by atoms with Crippen molar-refractivity contribution in [3.8, 4) is 0 Å². The highest BCUT2D eigenvalue weighted by atomic mass is 35.5. The molecule has 198 valence electrons. The first-order chi connectivity index (χ1) is 16.7. The minimum Gasteiger partial charge on any atom is -0.399 e. The minimum absolute atomic E-state index is 0.202. The van der Waals surface area contributed by atoms with Crippen molar-refractivity contribution in [2.75, 3.05) is 19.4 Å². The Hall–Kier alpha value is -2.66. The third-order valence-electron chi connectivity index (χ3n) is 5.33. The highest BCUT2D eigenvalue weighted by Gasteiger charge is 2.32. The molecule has 0 unspecified atom stereocenters. The first-order valence-electron chi connectivity index (χ1n) is 11.4. The Morgan fingerprint density at radius 3 is 2.17 bits per heavy atom. The minimum atomic E-state index is -3.92. The standard InChI is InChI=1S/C25H35ClN4O5S/c1-17(23(31)28-14-18-8-12-21(27)13-9-18)30(5)24(32)22(15-35-25(2,3)4)29-36(33,34)16-19-6-10-20(26)11-7-19/h6-13,17,22,29H,14-16,27H2,1-5H3,(H,28,31)/t17-,22+/m0/s1. The van der Waals surface area contributed by atoms with E-state index < -0.39 is 33.6 Å². The Labute approximate surface area is 218 Å². The lowest BCUT2D eigenvalue weighted by Gasteiger charge is -2.30. The summed E-state index contributed by atoms with van der Waals surface area (Å²) in [6.07, 6.45) is 0. The van der Waals surface area contributed by atoms with Gasteiger partial charge in [0.15, 0.2) is 0 Å². The van der Waals surface area contributed by atoms with Crippen molar-refractivity contribution in [2.45, 2.75) is 57.7 Å². The van der Waals surface area contributed by atoms with Crippen molar-refractivity contribution in [1.29, 1.82) is 0 Å². The van der Waals surface area contributed by atoms with Gasteiger partial charge in [-0.1, -0.05) is 35.9 Å². The highest BCUT2D eigenvalue weighted by Crippen LogP contribution is 2.14. The van der Waals surface area contributed by atoms with Crippen molar-refractivity contribution < 1.29 is 22.7 Å². The van der Waals surface area contributed by atoms with Crippen LogP contribution in [0.3, 0.4) is 0 Å². The number of amides is 2. The molecular weight excluding hydrogens is 504 g/mol. The van der Waals surface area contributed by atoms with Crippen LogP contribution in [-0.2, 0) is 36.6 Å². The fraction of sp³-hybridized carbons (Fsp3) is 0.440. The van der Waals surface area contributed by atoms with E-state index in [1.54, 1.807) is 76.2 Å². The predicted octanol–water partition coefficient (Wildman–Crippen LogP) is 2.69. The molecule has 11 heteroatoms. The van der Waals surface area contributed by atoms with Gasteiger partial charge in [0.1, 0.15) is 12.1 Å². The van der Waals surface area contributed by atoms with Crippen LogP contribution in [0.5, 0.6) is 0 Å². The van der Waals surface area contributed by atoms with E-state index in [4.69, 9.17) is 22.1 Å². The number of nitrogen functional groups attached to an aromatic ring is 1. The number of carbonyl (C=O) groups is 2. The first-order valence-corrected chi connectivity index (χ1v) is 13.5. The highest BCUT2D eigenvalue weighted by molar-refractivity contribution is 7.88. The summed E-state index contributed by atoms with van der Waals surface area (Å²) in [6, 6.07) is 11.4. The number of halogens is 1. The number of ether oxygens (including phenoxy) is 1. The summed E-state index contributed by atoms with van der Waals surface area (Å²) in [6.45, 7) is 7.03. The van der Waals surface area contributed by atoms with Crippen LogP contribution in [0.15, 0.2) is 48.5 Å². The number of likely N-dealkylation sites (N-methyl/N-ethyl adjacent to an activating group) is 1. The smallest absolute Gasteiger partial charge is 0.243 e. The Kier molecular flexibility index (Phi) is 10.3. The molecule has 9 nitrogen and oxygen atoms in total. The molecule has 0 aliphatic carbocycles. The van der Waals surface area contributed by atoms with Crippen LogP contribution in [0, 0.1) is 0 Å². The van der Waals surface area contributed by atoms with Crippen LogP contribution < -0.4 is 15.8 Å². The van der Waals surface area contributed by atoms with Crippen LogP contribution >= 0.6 is 11.6 Å². The van der Waals surface area contributed by atoms with E-state index >= 15 is 0 Å². The molecule has 2 atom stereocenters. The van der Waals surface area contributed by atoms with Gasteiger partial charge >= 0.3 is 0 Å². The normalized spacial score (nSPS) is 13.6. The van der Waals surface area contributed by atoms with Crippen LogP contribution in [0.4, 0.5) is 5.69 Å². The van der Waals surface area contributed by atoms with Gasteiger partial charge in [0.05, 0.1) is 18.0 Å². The molecule has 0 aliphatic heterocycles. The second kappa shape index (κ2) is 12.5. The Balaban J connectivity index is 2.10. The monoisotopic (exact) mass is 538 g/mol. The summed E-state index contributed by atoms with van der Waals surface area (Å²) in [4.78, 5) is 27.2. The number of carbonyl (C=O) groups excluding carboxylic acids is 2. The Morgan fingerprint density at radius 2 is 1.61 bits per heavy atom. The van der Waals surface area contributed by atoms with Gasteiger partial charge < -0.3 is 20.7 Å². The largest absolute Gasteiger partial charge is 0.399 e. The van der Waals surface area contributed by atoms with Crippen molar-refractivity contribution in [3.63, 3.8) is 0 Å². The van der Waals surface area contributed by atoms with Crippen molar-refractivity contribution >= 4 is 39.1 Å². The average Bonchev–Trinajstić information content (AvgIpc) is 2.80.